The number of halogens is 1. The van der Waals surface area contributed by atoms with Gasteiger partial charge in [0.25, 0.3) is 0 Å². The molecule has 22 heavy (non-hydrogen) atoms. The average Bonchev–Trinajstić information content (AvgIpc) is 2.54. The lowest BCUT2D eigenvalue weighted by Gasteiger charge is -2.12. The maximum absolute atomic E-state index is 11.9. The molecule has 1 aromatic heterocycles. The molecule has 0 unspecified atom stereocenters. The molecule has 0 atom stereocenters. The van der Waals surface area contributed by atoms with E-state index in [4.69, 9.17) is 9.47 Å². The van der Waals surface area contributed by atoms with Gasteiger partial charge >= 0.3 is 5.97 Å². The van der Waals surface area contributed by atoms with Crippen LogP contribution >= 0.6 is 15.9 Å². The molecule has 0 fully saturated rings. The second-order valence-corrected chi connectivity index (χ2v) is 4.92. The SMILES string of the molecule is COc1ccc(-c2cncc(Br)c2C(=O)ON=O)cc1OC. The van der Waals surface area contributed by atoms with Crippen LogP contribution in [0.4, 0.5) is 0 Å². The zero-order chi connectivity index (χ0) is 16.1. The third-order valence-electron chi connectivity index (χ3n) is 2.92. The number of ether oxygens (including phenoxy) is 2. The molecule has 7 nitrogen and oxygen atoms in total. The van der Waals surface area contributed by atoms with E-state index in [0.29, 0.717) is 27.1 Å². The predicted molar refractivity (Wildman–Crippen MR) is 81.7 cm³/mol. The van der Waals surface area contributed by atoms with Crippen molar-refractivity contribution >= 4 is 21.9 Å². The van der Waals surface area contributed by atoms with Gasteiger partial charge in [0.15, 0.2) is 16.8 Å². The largest absolute Gasteiger partial charge is 0.493 e. The molecule has 0 spiro atoms. The highest BCUT2D eigenvalue weighted by atomic mass is 79.9. The fourth-order valence-electron chi connectivity index (χ4n) is 1.94. The van der Waals surface area contributed by atoms with Crippen molar-refractivity contribution in [1.82, 2.24) is 4.98 Å². The summed E-state index contributed by atoms with van der Waals surface area (Å²) in [5.74, 6) is 0.162. The lowest BCUT2D eigenvalue weighted by atomic mass is 10.0. The van der Waals surface area contributed by atoms with Gasteiger partial charge in [-0.25, -0.2) is 4.79 Å². The van der Waals surface area contributed by atoms with E-state index < -0.39 is 5.97 Å². The third-order valence-corrected chi connectivity index (χ3v) is 3.52. The molecule has 0 aliphatic carbocycles. The molecule has 0 N–H and O–H groups in total. The molecule has 1 aromatic carbocycles. The van der Waals surface area contributed by atoms with Crippen molar-refractivity contribution < 1.29 is 19.1 Å². The molecule has 1 heterocycles. The summed E-state index contributed by atoms with van der Waals surface area (Å²) >= 11 is 3.22. The molecule has 8 heteroatoms. The van der Waals surface area contributed by atoms with Crippen molar-refractivity contribution in [3.8, 4) is 22.6 Å². The molecule has 2 aromatic rings. The van der Waals surface area contributed by atoms with Crippen LogP contribution in [-0.2, 0) is 4.84 Å². The van der Waals surface area contributed by atoms with Crippen molar-refractivity contribution in [1.29, 1.82) is 0 Å². The fourth-order valence-corrected chi connectivity index (χ4v) is 2.44. The van der Waals surface area contributed by atoms with Gasteiger partial charge in [-0.15, -0.1) is 4.91 Å². The van der Waals surface area contributed by atoms with Crippen LogP contribution in [-0.4, -0.2) is 25.2 Å². The monoisotopic (exact) mass is 366 g/mol. The highest BCUT2D eigenvalue weighted by molar-refractivity contribution is 9.10. The zero-order valence-electron chi connectivity index (χ0n) is 11.7. The summed E-state index contributed by atoms with van der Waals surface area (Å²) in [5, 5.41) is 2.16. The number of rotatable bonds is 5. The summed E-state index contributed by atoms with van der Waals surface area (Å²) in [5.41, 5.74) is 1.25. The highest BCUT2D eigenvalue weighted by Crippen LogP contribution is 2.35. The van der Waals surface area contributed by atoms with E-state index in [-0.39, 0.29) is 5.56 Å². The summed E-state index contributed by atoms with van der Waals surface area (Å²) in [4.78, 5) is 30.3. The number of carbonyl (C=O) groups excluding carboxylic acids is 1. The lowest BCUT2D eigenvalue weighted by Crippen LogP contribution is -2.05. The molecule has 0 bridgehead atoms. The average molecular weight is 367 g/mol. The maximum Gasteiger partial charge on any atom is 0.371 e. The minimum Gasteiger partial charge on any atom is -0.493 e. The number of benzene rings is 1. The summed E-state index contributed by atoms with van der Waals surface area (Å²) in [6.45, 7) is 0. The maximum atomic E-state index is 11.9. The number of aromatic nitrogens is 1. The summed E-state index contributed by atoms with van der Waals surface area (Å²) in [6, 6.07) is 5.12. The van der Waals surface area contributed by atoms with Crippen LogP contribution in [0.25, 0.3) is 11.1 Å². The summed E-state index contributed by atoms with van der Waals surface area (Å²) in [7, 11) is 3.03. The van der Waals surface area contributed by atoms with Gasteiger partial charge in [0.2, 0.25) is 0 Å². The third kappa shape index (κ3) is 3.06. The van der Waals surface area contributed by atoms with Crippen LogP contribution in [0, 0.1) is 4.91 Å². The first-order chi connectivity index (χ1) is 10.6. The van der Waals surface area contributed by atoms with Crippen molar-refractivity contribution in [2.24, 2.45) is 5.34 Å². The standard InChI is InChI=1S/C14H11BrN2O5/c1-20-11-4-3-8(5-12(11)21-2)9-6-16-7-10(15)13(9)14(18)22-17-19/h3-7H,1-2H3. The second-order valence-electron chi connectivity index (χ2n) is 4.07. The van der Waals surface area contributed by atoms with Crippen LogP contribution in [0.15, 0.2) is 40.4 Å². The van der Waals surface area contributed by atoms with Crippen LogP contribution in [0.5, 0.6) is 11.5 Å². The normalized spacial score (nSPS) is 9.95. The van der Waals surface area contributed by atoms with E-state index in [1.165, 1.54) is 26.6 Å². The van der Waals surface area contributed by atoms with E-state index in [0.717, 1.165) is 0 Å². The van der Waals surface area contributed by atoms with Crippen molar-refractivity contribution in [2.45, 2.75) is 0 Å². The molecular weight excluding hydrogens is 356 g/mol. The van der Waals surface area contributed by atoms with E-state index >= 15 is 0 Å². The topological polar surface area (TPSA) is 87.1 Å². The van der Waals surface area contributed by atoms with Gasteiger partial charge in [0.1, 0.15) is 0 Å². The smallest absolute Gasteiger partial charge is 0.371 e. The van der Waals surface area contributed by atoms with Gasteiger partial charge in [0, 0.05) is 18.0 Å². The predicted octanol–water partition coefficient (Wildman–Crippen LogP) is 3.37. The van der Waals surface area contributed by atoms with Gasteiger partial charge in [-0.3, -0.25) is 9.82 Å². The number of hydrogen-bond donors (Lipinski definition) is 0. The van der Waals surface area contributed by atoms with E-state index in [2.05, 4.69) is 31.1 Å². The second kappa shape index (κ2) is 6.99. The first-order valence-electron chi connectivity index (χ1n) is 6.02. The zero-order valence-corrected chi connectivity index (χ0v) is 13.3. The Morgan fingerprint density at radius 2 is 1.91 bits per heavy atom. The Hall–Kier alpha value is -2.48. The lowest BCUT2D eigenvalue weighted by molar-refractivity contribution is 0.0508. The first kappa shape index (κ1) is 15.9. The molecule has 0 saturated heterocycles. The molecule has 0 radical (unpaired) electrons. The Morgan fingerprint density at radius 1 is 1.18 bits per heavy atom. The minimum atomic E-state index is -0.881. The highest BCUT2D eigenvalue weighted by Gasteiger charge is 2.20. The number of carbonyl (C=O) groups is 1. The van der Waals surface area contributed by atoms with Crippen LogP contribution in [0.3, 0.4) is 0 Å². The molecule has 2 rings (SSSR count). The number of nitrogens with zero attached hydrogens (tertiary/aromatic N) is 2. The van der Waals surface area contributed by atoms with Crippen LogP contribution < -0.4 is 9.47 Å². The molecule has 0 amide bonds. The van der Waals surface area contributed by atoms with Crippen molar-refractivity contribution in [3.63, 3.8) is 0 Å². The molecule has 0 saturated carbocycles. The number of pyridine rings is 1. The first-order valence-corrected chi connectivity index (χ1v) is 6.81. The van der Waals surface area contributed by atoms with Crippen molar-refractivity contribution in [2.75, 3.05) is 14.2 Å². The minimum absolute atomic E-state index is 0.141. The fraction of sp³-hybridized carbons (Fsp3) is 0.143. The van der Waals surface area contributed by atoms with E-state index in [1.54, 1.807) is 18.2 Å². The Bertz CT molecular complexity index is 720. The Kier molecular flexibility index (Phi) is 5.05. The number of methoxy groups -OCH3 is 2. The van der Waals surface area contributed by atoms with Gasteiger partial charge < -0.3 is 9.47 Å². The Balaban J connectivity index is 2.60. The van der Waals surface area contributed by atoms with E-state index in [9.17, 15) is 9.70 Å². The quantitative estimate of drug-likeness (QED) is 0.595. The van der Waals surface area contributed by atoms with Crippen LogP contribution in [0.1, 0.15) is 10.4 Å². The Morgan fingerprint density at radius 3 is 2.55 bits per heavy atom. The molecule has 114 valence electrons. The Labute approximate surface area is 134 Å². The molecular formula is C14H11BrN2O5. The molecule has 0 aliphatic heterocycles. The number of hydrogen-bond acceptors (Lipinski definition) is 7. The molecule has 0 aliphatic rings. The van der Waals surface area contributed by atoms with Gasteiger partial charge in [-0.2, -0.15) is 0 Å². The van der Waals surface area contributed by atoms with E-state index in [1.807, 2.05) is 0 Å². The summed E-state index contributed by atoms with van der Waals surface area (Å²) in [6.07, 6.45) is 2.90. The van der Waals surface area contributed by atoms with Gasteiger partial charge in [-0.05, 0) is 33.6 Å². The van der Waals surface area contributed by atoms with Crippen molar-refractivity contribution in [3.05, 3.63) is 45.5 Å². The van der Waals surface area contributed by atoms with Crippen LogP contribution in [0.2, 0.25) is 0 Å². The summed E-state index contributed by atoms with van der Waals surface area (Å²) < 4.78 is 10.8. The van der Waals surface area contributed by atoms with Gasteiger partial charge in [-0.1, -0.05) is 6.07 Å². The van der Waals surface area contributed by atoms with Gasteiger partial charge in [0.05, 0.1) is 24.3 Å².